The summed E-state index contributed by atoms with van der Waals surface area (Å²) in [6, 6.07) is 11.5. The summed E-state index contributed by atoms with van der Waals surface area (Å²) < 4.78 is 9.29. The first-order valence-electron chi connectivity index (χ1n) is 9.08. The summed E-state index contributed by atoms with van der Waals surface area (Å²) in [5.74, 6) is 0.883. The maximum absolute atomic E-state index is 11.9. The average Bonchev–Trinajstić information content (AvgIpc) is 2.96. The normalized spacial score (nSPS) is 16.6. The summed E-state index contributed by atoms with van der Waals surface area (Å²) in [5, 5.41) is 11.5. The van der Waals surface area contributed by atoms with Gasteiger partial charge >= 0.3 is 6.09 Å². The molecule has 9 heteroatoms. The van der Waals surface area contributed by atoms with Crippen LogP contribution < -0.4 is 19.7 Å². The van der Waals surface area contributed by atoms with Gasteiger partial charge in [0.1, 0.15) is 11.4 Å². The largest absolute Gasteiger partial charge is 0.485 e. The van der Waals surface area contributed by atoms with Crippen molar-refractivity contribution >= 4 is 58.5 Å². The van der Waals surface area contributed by atoms with Gasteiger partial charge in [-0.3, -0.25) is 9.62 Å². The Bertz CT molecular complexity index is 953. The second kappa shape index (κ2) is 8.86. The monoisotopic (exact) mass is 470 g/mol. The maximum atomic E-state index is 11.9. The Balaban J connectivity index is 1.65. The Hall–Kier alpha value is -1.24. The second-order valence-corrected chi connectivity index (χ2v) is 14.4. The number of anilines is 1. The Morgan fingerprint density at radius 3 is 2.69 bits per heavy atom. The molecule has 5 nitrogen and oxygen atoms in total. The van der Waals surface area contributed by atoms with Gasteiger partial charge < -0.3 is 9.84 Å². The van der Waals surface area contributed by atoms with E-state index in [0.717, 1.165) is 17.3 Å². The van der Waals surface area contributed by atoms with E-state index < -0.39 is 12.1 Å². The first-order chi connectivity index (χ1) is 13.6. The Morgan fingerprint density at radius 2 is 2.03 bits per heavy atom. The van der Waals surface area contributed by atoms with E-state index in [9.17, 15) is 9.90 Å². The van der Waals surface area contributed by atoms with E-state index in [1.807, 2.05) is 50.2 Å². The van der Waals surface area contributed by atoms with Crippen molar-refractivity contribution in [3.8, 4) is 5.75 Å². The highest BCUT2D eigenvalue weighted by molar-refractivity contribution is 8.18. The van der Waals surface area contributed by atoms with Crippen LogP contribution in [0.2, 0.25) is 5.02 Å². The molecule has 0 aromatic heterocycles. The first kappa shape index (κ1) is 22.4. The number of para-hydroxylation sites is 1. The number of rotatable bonds is 7. The number of nitrogens with one attached hydrogen (secondary N) is 1. The lowest BCUT2D eigenvalue weighted by molar-refractivity contribution is 0.138. The molecular formula is C20H24ClN2O3PS2. The van der Waals surface area contributed by atoms with Crippen molar-refractivity contribution in [2.75, 3.05) is 23.7 Å². The number of hydrogen-bond acceptors (Lipinski definition) is 5. The third-order valence-electron chi connectivity index (χ3n) is 4.63. The van der Waals surface area contributed by atoms with Gasteiger partial charge in [-0.2, -0.15) is 0 Å². The predicted octanol–water partition coefficient (Wildman–Crippen LogP) is 5.13. The fraction of sp³-hybridized carbons (Fsp3) is 0.350. The van der Waals surface area contributed by atoms with Gasteiger partial charge in [-0.25, -0.2) is 4.79 Å². The molecule has 0 aliphatic carbocycles. The summed E-state index contributed by atoms with van der Waals surface area (Å²) in [7, 11) is 0. The average molecular weight is 471 g/mol. The maximum Gasteiger partial charge on any atom is 0.412 e. The highest BCUT2D eigenvalue weighted by Crippen LogP contribution is 2.43. The van der Waals surface area contributed by atoms with E-state index >= 15 is 0 Å². The van der Waals surface area contributed by atoms with E-state index in [1.54, 1.807) is 6.07 Å². The number of carbonyl (C=O) groups is 1. The molecule has 0 saturated carbocycles. The van der Waals surface area contributed by atoms with E-state index in [-0.39, 0.29) is 11.5 Å². The predicted molar refractivity (Wildman–Crippen MR) is 127 cm³/mol. The molecule has 3 rings (SSSR count). The number of ether oxygens (including phenoxy) is 1. The lowest BCUT2D eigenvalue weighted by Gasteiger charge is -2.24. The van der Waals surface area contributed by atoms with Crippen LogP contribution in [0.1, 0.15) is 19.4 Å². The van der Waals surface area contributed by atoms with Crippen LogP contribution in [-0.2, 0) is 18.2 Å². The molecule has 2 N–H and O–H groups in total. The van der Waals surface area contributed by atoms with E-state index in [1.165, 1.54) is 16.8 Å². The molecule has 0 bridgehead atoms. The van der Waals surface area contributed by atoms with Gasteiger partial charge in [0.05, 0.1) is 11.6 Å². The van der Waals surface area contributed by atoms with E-state index in [4.69, 9.17) is 28.1 Å². The molecule has 29 heavy (non-hydrogen) atoms. The molecule has 156 valence electrons. The number of fused-ring (bicyclic) bond motifs is 1. The van der Waals surface area contributed by atoms with Crippen LogP contribution in [0.25, 0.3) is 0 Å². The quantitative estimate of drug-likeness (QED) is 0.253. The fourth-order valence-electron chi connectivity index (χ4n) is 3.17. The Kier molecular flexibility index (Phi) is 6.86. The molecule has 1 heterocycles. The van der Waals surface area contributed by atoms with Crippen LogP contribution in [0, 0.1) is 0 Å². The van der Waals surface area contributed by atoms with Crippen molar-refractivity contribution in [1.82, 2.24) is 4.72 Å². The number of nitrogens with zero attached hydrogens (tertiary/aromatic N) is 1. The van der Waals surface area contributed by atoms with Crippen LogP contribution in [0.15, 0.2) is 42.5 Å². The van der Waals surface area contributed by atoms with Crippen LogP contribution in [-0.4, -0.2) is 35.6 Å². The molecule has 2 aromatic carbocycles. The van der Waals surface area contributed by atoms with Crippen molar-refractivity contribution in [3.63, 3.8) is 0 Å². The first-order valence-corrected chi connectivity index (χ1v) is 13.9. The van der Waals surface area contributed by atoms with Crippen LogP contribution in [0.4, 0.5) is 10.5 Å². The summed E-state index contributed by atoms with van der Waals surface area (Å²) >= 11 is 13.1. The third-order valence-corrected chi connectivity index (χ3v) is 9.00. The lowest BCUT2D eigenvalue weighted by atomic mass is 10.0. The minimum Gasteiger partial charge on any atom is -0.485 e. The van der Waals surface area contributed by atoms with Crippen molar-refractivity contribution in [1.29, 1.82) is 0 Å². The topological polar surface area (TPSA) is 61.8 Å². The summed E-state index contributed by atoms with van der Waals surface area (Å²) in [5.41, 5.74) is 1.27. The van der Waals surface area contributed by atoms with Gasteiger partial charge in [0.15, 0.2) is 0 Å². The Labute approximate surface area is 185 Å². The number of hydrogen-bond donors (Lipinski definition) is 2. The minimum absolute atomic E-state index is 0.228. The number of halogens is 1. The van der Waals surface area contributed by atoms with Gasteiger partial charge in [-0.05, 0) is 50.1 Å². The van der Waals surface area contributed by atoms with Crippen molar-refractivity contribution < 1.29 is 14.6 Å². The summed E-state index contributed by atoms with van der Waals surface area (Å²) in [6.45, 7) is 6.07. The molecule has 1 aliphatic rings. The molecule has 1 amide bonds. The number of amides is 1. The van der Waals surface area contributed by atoms with Gasteiger partial charge in [-0.15, -0.1) is 0 Å². The zero-order chi connectivity index (χ0) is 21.2. The van der Waals surface area contributed by atoms with Gasteiger partial charge in [-0.1, -0.05) is 59.6 Å². The van der Waals surface area contributed by atoms with E-state index in [2.05, 4.69) is 11.4 Å². The van der Waals surface area contributed by atoms with Crippen LogP contribution >= 0.6 is 29.6 Å². The van der Waals surface area contributed by atoms with E-state index in [0.29, 0.717) is 22.7 Å². The number of carboxylic acid groups (broad SMARTS) is 1. The zero-order valence-electron chi connectivity index (χ0n) is 16.5. The smallest absolute Gasteiger partial charge is 0.412 e. The molecule has 1 aliphatic heterocycles. The van der Waals surface area contributed by atoms with Gasteiger partial charge in [0, 0.05) is 23.3 Å². The minimum atomic E-state index is -1.80. The molecule has 0 radical (unpaired) electrons. The SMILES string of the molecule is CC1(C)Cc2cccc(N(CSNCP(C)(=S)c3ccc(Cl)cc3)C(=O)O)c2O1. The standard InChI is InChI=1S/C20H24ClN2O3PS2/c1-20(2)11-14-5-4-6-17(18(14)26-20)23(19(24)25)13-29-22-12-27(3,28)16-9-7-15(21)8-10-16/h4-10,22H,11-13H2,1-3H3,(H,24,25). The molecular weight excluding hydrogens is 447 g/mol. The molecule has 1 atom stereocenters. The van der Waals surface area contributed by atoms with Crippen molar-refractivity contribution in [3.05, 3.63) is 53.1 Å². The molecule has 0 spiro atoms. The van der Waals surface area contributed by atoms with Gasteiger partial charge in [0.2, 0.25) is 0 Å². The second-order valence-electron chi connectivity index (χ2n) is 7.67. The summed E-state index contributed by atoms with van der Waals surface area (Å²) in [6.07, 6.45) is 0.350. The highest BCUT2D eigenvalue weighted by atomic mass is 35.5. The zero-order valence-corrected chi connectivity index (χ0v) is 19.8. The highest BCUT2D eigenvalue weighted by Gasteiger charge is 2.34. The Morgan fingerprint density at radius 1 is 1.34 bits per heavy atom. The molecule has 1 unspecified atom stereocenters. The molecule has 2 aromatic rings. The van der Waals surface area contributed by atoms with Crippen LogP contribution in [0.3, 0.4) is 0 Å². The molecule has 0 saturated heterocycles. The number of benzene rings is 2. The lowest BCUT2D eigenvalue weighted by Crippen LogP contribution is -2.31. The van der Waals surface area contributed by atoms with Crippen molar-refractivity contribution in [2.24, 2.45) is 0 Å². The van der Waals surface area contributed by atoms with Crippen LogP contribution in [0.5, 0.6) is 5.75 Å². The third kappa shape index (κ3) is 5.47. The van der Waals surface area contributed by atoms with Crippen molar-refractivity contribution in [2.45, 2.75) is 25.9 Å². The molecule has 0 fully saturated rings. The fourth-order valence-corrected chi connectivity index (χ4v) is 6.91. The van der Waals surface area contributed by atoms with Gasteiger partial charge in [0.25, 0.3) is 0 Å². The summed E-state index contributed by atoms with van der Waals surface area (Å²) in [4.78, 5) is 13.2.